The lowest BCUT2D eigenvalue weighted by molar-refractivity contribution is -0.0613. The van der Waals surface area contributed by atoms with Gasteiger partial charge in [-0.05, 0) is 123 Å². The molecule has 0 aliphatic heterocycles. The topological polar surface area (TPSA) is 40.5 Å². The van der Waals surface area contributed by atoms with Crippen molar-refractivity contribution in [2.75, 3.05) is 0 Å². The minimum atomic E-state index is -0.653. The van der Waals surface area contributed by atoms with Gasteiger partial charge >= 0.3 is 0 Å². The minimum Gasteiger partial charge on any atom is -0.393 e. The van der Waals surface area contributed by atoms with Gasteiger partial charge in [0.1, 0.15) is 0 Å². The standard InChI is InChI=1S/C28H44O2/c1-17-14-19(16-28(17,5)30)18(2)23-8-9-24-22-7-6-20-15-21(29)10-12-26(20,3)25(22)11-13-27(23,24)4/h6,18-19,21-25,29-30H,1,7-16H2,2-5H3/t18-,19-,21+,22-,23-,24-,25-,26+,27-,28-/m1/s1. The normalized spacial score (nSPS) is 54.2. The molecule has 4 fully saturated rings. The van der Waals surface area contributed by atoms with Crippen LogP contribution >= 0.6 is 0 Å². The van der Waals surface area contributed by atoms with Gasteiger partial charge in [-0.1, -0.05) is 39.0 Å². The third kappa shape index (κ3) is 2.95. The van der Waals surface area contributed by atoms with Gasteiger partial charge in [0.15, 0.2) is 0 Å². The lowest BCUT2D eigenvalue weighted by atomic mass is 9.46. The highest BCUT2D eigenvalue weighted by Crippen LogP contribution is 2.68. The first kappa shape index (κ1) is 21.3. The van der Waals surface area contributed by atoms with Crippen LogP contribution in [0.5, 0.6) is 0 Å². The molecule has 0 aromatic heterocycles. The maximum absolute atomic E-state index is 10.7. The Morgan fingerprint density at radius 2 is 1.80 bits per heavy atom. The Labute approximate surface area is 184 Å². The zero-order chi connectivity index (χ0) is 21.5. The van der Waals surface area contributed by atoms with Gasteiger partial charge in [-0.25, -0.2) is 0 Å². The SMILES string of the molecule is C=C1C[C@@H]([C@@H](C)[C@H]2CC[C@@H]3[C@H]4CC=C5C[C@@H](O)CC[C@]5(C)[C@@H]4CC[C@]23C)C[C@@]1(C)O. The number of aliphatic hydroxyl groups is 2. The summed E-state index contributed by atoms with van der Waals surface area (Å²) < 4.78 is 0. The van der Waals surface area contributed by atoms with Crippen LogP contribution in [0.4, 0.5) is 0 Å². The summed E-state index contributed by atoms with van der Waals surface area (Å²) in [5, 5.41) is 20.9. The molecule has 2 nitrogen and oxygen atoms in total. The van der Waals surface area contributed by atoms with Crippen LogP contribution in [0.15, 0.2) is 23.8 Å². The molecule has 0 unspecified atom stereocenters. The van der Waals surface area contributed by atoms with Crippen molar-refractivity contribution in [3.8, 4) is 0 Å². The molecular formula is C28H44O2. The van der Waals surface area contributed by atoms with Gasteiger partial charge in [0.25, 0.3) is 0 Å². The fourth-order valence-electron chi connectivity index (χ4n) is 9.51. The first-order valence-electron chi connectivity index (χ1n) is 12.8. The van der Waals surface area contributed by atoms with E-state index in [0.29, 0.717) is 22.7 Å². The second-order valence-corrected chi connectivity index (χ2v) is 12.8. The maximum Gasteiger partial charge on any atom is 0.0829 e. The van der Waals surface area contributed by atoms with Crippen LogP contribution < -0.4 is 0 Å². The third-order valence-electron chi connectivity index (χ3n) is 11.5. The second kappa shape index (κ2) is 6.95. The molecule has 2 heteroatoms. The average Bonchev–Trinajstić information content (AvgIpc) is 3.17. The highest BCUT2D eigenvalue weighted by molar-refractivity contribution is 5.26. The molecule has 0 heterocycles. The molecule has 0 spiro atoms. The first-order chi connectivity index (χ1) is 14.1. The zero-order valence-electron chi connectivity index (χ0n) is 19.8. The summed E-state index contributed by atoms with van der Waals surface area (Å²) in [6.07, 6.45) is 14.3. The first-order valence-corrected chi connectivity index (χ1v) is 12.8. The van der Waals surface area contributed by atoms with Crippen molar-refractivity contribution < 1.29 is 10.2 Å². The van der Waals surface area contributed by atoms with Gasteiger partial charge in [0, 0.05) is 0 Å². The summed E-state index contributed by atoms with van der Waals surface area (Å²) in [5.41, 5.74) is 2.79. The van der Waals surface area contributed by atoms with E-state index >= 15 is 0 Å². The van der Waals surface area contributed by atoms with Crippen LogP contribution in [0.25, 0.3) is 0 Å². The van der Waals surface area contributed by atoms with Crippen molar-refractivity contribution in [2.24, 2.45) is 46.3 Å². The molecule has 0 radical (unpaired) electrons. The van der Waals surface area contributed by atoms with Gasteiger partial charge in [-0.3, -0.25) is 0 Å². The molecule has 2 N–H and O–H groups in total. The molecule has 5 aliphatic carbocycles. The van der Waals surface area contributed by atoms with Crippen LogP contribution in [0.1, 0.15) is 91.9 Å². The summed E-state index contributed by atoms with van der Waals surface area (Å²) in [6.45, 7) is 13.8. The Bertz CT molecular complexity index is 750. The van der Waals surface area contributed by atoms with Gasteiger partial charge in [-0.2, -0.15) is 0 Å². The Morgan fingerprint density at radius 3 is 2.50 bits per heavy atom. The van der Waals surface area contributed by atoms with Gasteiger partial charge in [0.2, 0.25) is 0 Å². The number of rotatable bonds is 2. The Kier molecular flexibility index (Phi) is 4.92. The molecule has 4 saturated carbocycles. The average molecular weight is 413 g/mol. The van der Waals surface area contributed by atoms with Crippen molar-refractivity contribution in [3.63, 3.8) is 0 Å². The van der Waals surface area contributed by atoms with E-state index in [1.165, 1.54) is 38.5 Å². The molecule has 0 saturated heterocycles. The van der Waals surface area contributed by atoms with E-state index in [1.807, 2.05) is 6.92 Å². The highest BCUT2D eigenvalue weighted by atomic mass is 16.3. The summed E-state index contributed by atoms with van der Waals surface area (Å²) >= 11 is 0. The highest BCUT2D eigenvalue weighted by Gasteiger charge is 2.60. The van der Waals surface area contributed by atoms with E-state index < -0.39 is 5.60 Å². The number of allylic oxidation sites excluding steroid dienone is 1. The fourth-order valence-corrected chi connectivity index (χ4v) is 9.51. The quantitative estimate of drug-likeness (QED) is 0.524. The molecule has 30 heavy (non-hydrogen) atoms. The van der Waals surface area contributed by atoms with E-state index in [2.05, 4.69) is 33.4 Å². The molecule has 0 amide bonds. The summed E-state index contributed by atoms with van der Waals surface area (Å²) in [6, 6.07) is 0. The molecular weight excluding hydrogens is 368 g/mol. The van der Waals surface area contributed by atoms with Crippen LogP contribution in [0.2, 0.25) is 0 Å². The smallest absolute Gasteiger partial charge is 0.0829 e. The number of fused-ring (bicyclic) bond motifs is 5. The lowest BCUT2D eigenvalue weighted by Gasteiger charge is -2.58. The predicted octanol–water partition coefficient (Wildman–Crippen LogP) is 6.28. The number of hydrogen-bond acceptors (Lipinski definition) is 2. The summed E-state index contributed by atoms with van der Waals surface area (Å²) in [5.74, 6) is 4.59. The zero-order valence-corrected chi connectivity index (χ0v) is 19.8. The number of aliphatic hydroxyl groups excluding tert-OH is 1. The van der Waals surface area contributed by atoms with E-state index in [1.54, 1.807) is 5.57 Å². The molecule has 5 rings (SSSR count). The summed E-state index contributed by atoms with van der Waals surface area (Å²) in [7, 11) is 0. The Morgan fingerprint density at radius 1 is 1.03 bits per heavy atom. The maximum atomic E-state index is 10.7. The Hall–Kier alpha value is -0.600. The van der Waals surface area contributed by atoms with Gasteiger partial charge in [-0.15, -0.1) is 0 Å². The monoisotopic (exact) mass is 412 g/mol. The van der Waals surface area contributed by atoms with Crippen molar-refractivity contribution in [2.45, 2.75) is 104 Å². The van der Waals surface area contributed by atoms with Crippen molar-refractivity contribution >= 4 is 0 Å². The van der Waals surface area contributed by atoms with Crippen molar-refractivity contribution in [1.82, 2.24) is 0 Å². The van der Waals surface area contributed by atoms with Crippen LogP contribution in [0, 0.1) is 46.3 Å². The van der Waals surface area contributed by atoms with Crippen molar-refractivity contribution in [1.29, 1.82) is 0 Å². The Balaban J connectivity index is 1.38. The van der Waals surface area contributed by atoms with Crippen LogP contribution in [-0.2, 0) is 0 Å². The molecule has 168 valence electrons. The van der Waals surface area contributed by atoms with Gasteiger partial charge in [0.05, 0.1) is 11.7 Å². The largest absolute Gasteiger partial charge is 0.393 e. The van der Waals surface area contributed by atoms with Crippen molar-refractivity contribution in [3.05, 3.63) is 23.8 Å². The van der Waals surface area contributed by atoms with Crippen LogP contribution in [-0.4, -0.2) is 21.9 Å². The molecule has 5 aliphatic rings. The third-order valence-corrected chi connectivity index (χ3v) is 11.5. The fraction of sp³-hybridized carbons (Fsp3) is 0.857. The molecule has 0 bridgehead atoms. The molecule has 0 aromatic rings. The molecule has 0 aromatic carbocycles. The minimum absolute atomic E-state index is 0.107. The van der Waals surface area contributed by atoms with E-state index in [9.17, 15) is 10.2 Å². The summed E-state index contributed by atoms with van der Waals surface area (Å²) in [4.78, 5) is 0. The lowest BCUT2D eigenvalue weighted by Crippen LogP contribution is -2.51. The second-order valence-electron chi connectivity index (χ2n) is 12.8. The number of hydrogen-bond donors (Lipinski definition) is 2. The van der Waals surface area contributed by atoms with Crippen LogP contribution in [0.3, 0.4) is 0 Å². The molecule has 10 atom stereocenters. The predicted molar refractivity (Wildman–Crippen MR) is 123 cm³/mol. The van der Waals surface area contributed by atoms with Gasteiger partial charge < -0.3 is 10.2 Å². The van der Waals surface area contributed by atoms with E-state index in [0.717, 1.165) is 54.9 Å². The van der Waals surface area contributed by atoms with E-state index in [-0.39, 0.29) is 6.10 Å². The van der Waals surface area contributed by atoms with E-state index in [4.69, 9.17) is 0 Å².